The number of morpholine rings is 1. The first-order valence-electron chi connectivity index (χ1n) is 6.43. The number of nitrogens with zero attached hydrogens (tertiary/aromatic N) is 1. The van der Waals surface area contributed by atoms with Crippen molar-refractivity contribution in [2.75, 3.05) is 19.8 Å². The number of ether oxygens (including phenoxy) is 1. The van der Waals surface area contributed by atoms with Crippen molar-refractivity contribution in [1.29, 1.82) is 0 Å². The van der Waals surface area contributed by atoms with Crippen molar-refractivity contribution in [3.63, 3.8) is 0 Å². The van der Waals surface area contributed by atoms with Crippen LogP contribution in [0.25, 0.3) is 0 Å². The van der Waals surface area contributed by atoms with Crippen molar-refractivity contribution in [2.24, 2.45) is 0 Å². The van der Waals surface area contributed by atoms with Gasteiger partial charge in [-0.3, -0.25) is 4.79 Å². The number of halogens is 2. The molecule has 1 heterocycles. The summed E-state index contributed by atoms with van der Waals surface area (Å²) in [6.07, 6.45) is -0.472. The zero-order valence-corrected chi connectivity index (χ0v) is 11.4. The Morgan fingerprint density at radius 3 is 2.80 bits per heavy atom. The second-order valence-corrected chi connectivity index (χ2v) is 5.03. The second kappa shape index (κ2) is 5.85. The lowest BCUT2D eigenvalue weighted by atomic mass is 10.1. The maximum absolute atomic E-state index is 13.8. The van der Waals surface area contributed by atoms with Crippen molar-refractivity contribution in [3.05, 3.63) is 34.9 Å². The molecule has 1 aromatic rings. The number of rotatable bonds is 2. The van der Waals surface area contributed by atoms with Gasteiger partial charge >= 0.3 is 0 Å². The van der Waals surface area contributed by atoms with Crippen molar-refractivity contribution < 1.29 is 23.4 Å². The highest BCUT2D eigenvalue weighted by molar-refractivity contribution is 5.95. The minimum Gasteiger partial charge on any atom is -0.394 e. The van der Waals surface area contributed by atoms with E-state index >= 15 is 0 Å². The second-order valence-electron chi connectivity index (χ2n) is 5.03. The summed E-state index contributed by atoms with van der Waals surface area (Å²) in [5.41, 5.74) is 0.0590. The Labute approximate surface area is 116 Å². The van der Waals surface area contributed by atoms with Gasteiger partial charge in [0.15, 0.2) is 0 Å². The fourth-order valence-corrected chi connectivity index (χ4v) is 2.19. The average molecular weight is 285 g/mol. The van der Waals surface area contributed by atoms with Gasteiger partial charge in [0, 0.05) is 12.6 Å². The summed E-state index contributed by atoms with van der Waals surface area (Å²) in [5.74, 6) is -2.07. The van der Waals surface area contributed by atoms with Crippen LogP contribution >= 0.6 is 0 Å². The summed E-state index contributed by atoms with van der Waals surface area (Å²) < 4.78 is 32.3. The summed E-state index contributed by atoms with van der Waals surface area (Å²) in [6.45, 7) is 3.51. The number of benzene rings is 1. The van der Waals surface area contributed by atoms with Crippen molar-refractivity contribution in [1.82, 2.24) is 4.90 Å². The Morgan fingerprint density at radius 2 is 2.15 bits per heavy atom. The van der Waals surface area contributed by atoms with Gasteiger partial charge in [0.25, 0.3) is 5.91 Å². The molecule has 1 N–H and O–H groups in total. The van der Waals surface area contributed by atoms with Crippen LogP contribution in [0.1, 0.15) is 22.8 Å². The lowest BCUT2D eigenvalue weighted by Crippen LogP contribution is -2.52. The number of aliphatic hydroxyl groups excluding tert-OH is 1. The van der Waals surface area contributed by atoms with Gasteiger partial charge in [-0.05, 0) is 25.5 Å². The molecule has 0 aliphatic carbocycles. The van der Waals surface area contributed by atoms with Gasteiger partial charge in [-0.1, -0.05) is 0 Å². The van der Waals surface area contributed by atoms with Crippen LogP contribution in [0, 0.1) is 18.6 Å². The fourth-order valence-electron chi connectivity index (χ4n) is 2.19. The molecule has 1 aliphatic rings. The molecule has 0 saturated carbocycles. The zero-order valence-electron chi connectivity index (χ0n) is 11.4. The molecule has 2 rings (SSSR count). The van der Waals surface area contributed by atoms with Gasteiger partial charge in [-0.2, -0.15) is 0 Å². The van der Waals surface area contributed by atoms with E-state index in [1.54, 1.807) is 6.92 Å². The number of aryl methyl sites for hydroxylation is 1. The quantitative estimate of drug-likeness (QED) is 0.896. The highest BCUT2D eigenvalue weighted by Gasteiger charge is 2.31. The Kier molecular flexibility index (Phi) is 4.35. The lowest BCUT2D eigenvalue weighted by Gasteiger charge is -2.37. The van der Waals surface area contributed by atoms with E-state index in [0.29, 0.717) is 0 Å². The van der Waals surface area contributed by atoms with E-state index in [0.717, 1.165) is 6.07 Å². The van der Waals surface area contributed by atoms with Gasteiger partial charge in [0.1, 0.15) is 11.6 Å². The number of carbonyl (C=O) groups excluding carboxylic acids is 1. The smallest absolute Gasteiger partial charge is 0.257 e. The van der Waals surface area contributed by atoms with Crippen LogP contribution in [0.2, 0.25) is 0 Å². The molecule has 1 fully saturated rings. The number of hydrogen-bond acceptors (Lipinski definition) is 3. The summed E-state index contributed by atoms with van der Waals surface area (Å²) in [7, 11) is 0. The van der Waals surface area contributed by atoms with Crippen LogP contribution in [0.3, 0.4) is 0 Å². The fraction of sp³-hybridized carbons (Fsp3) is 0.500. The van der Waals surface area contributed by atoms with Gasteiger partial charge in [-0.25, -0.2) is 8.78 Å². The molecule has 6 heteroatoms. The van der Waals surface area contributed by atoms with E-state index in [1.807, 2.05) is 0 Å². The van der Waals surface area contributed by atoms with Gasteiger partial charge in [0.05, 0.1) is 30.9 Å². The third-order valence-electron chi connectivity index (χ3n) is 3.45. The number of aliphatic hydroxyl groups is 1. The summed E-state index contributed by atoms with van der Waals surface area (Å²) in [5, 5.41) is 9.10. The SMILES string of the molecule is Cc1cc(C(=O)N2C[C@H](CO)OC[C@@H]2C)c(F)cc1F. The van der Waals surface area contributed by atoms with Crippen LogP contribution < -0.4 is 0 Å². The van der Waals surface area contributed by atoms with E-state index < -0.39 is 23.6 Å². The van der Waals surface area contributed by atoms with Crippen molar-refractivity contribution in [3.8, 4) is 0 Å². The standard InChI is InChI=1S/C14H17F2NO3/c1-8-3-11(13(16)4-12(8)15)14(19)17-5-10(6-18)20-7-9(17)2/h3-4,9-10,18H,5-7H2,1-2H3/t9-,10+/m0/s1. The topological polar surface area (TPSA) is 49.8 Å². The minimum absolute atomic E-state index is 0.158. The molecule has 2 atom stereocenters. The first-order valence-corrected chi connectivity index (χ1v) is 6.43. The predicted molar refractivity (Wildman–Crippen MR) is 68.4 cm³/mol. The Bertz CT molecular complexity index is 521. The average Bonchev–Trinajstić information content (AvgIpc) is 2.42. The summed E-state index contributed by atoms with van der Waals surface area (Å²) in [4.78, 5) is 13.8. The first-order chi connectivity index (χ1) is 9.43. The van der Waals surface area contributed by atoms with Gasteiger partial charge in [-0.15, -0.1) is 0 Å². The molecule has 110 valence electrons. The van der Waals surface area contributed by atoms with Crippen LogP contribution in [-0.4, -0.2) is 47.8 Å². The molecule has 0 aromatic heterocycles. The molecule has 0 radical (unpaired) electrons. The molecule has 4 nitrogen and oxygen atoms in total. The van der Waals surface area contributed by atoms with E-state index in [-0.39, 0.29) is 36.9 Å². The van der Waals surface area contributed by atoms with Crippen molar-refractivity contribution >= 4 is 5.91 Å². The third-order valence-corrected chi connectivity index (χ3v) is 3.45. The van der Waals surface area contributed by atoms with E-state index in [2.05, 4.69) is 0 Å². The lowest BCUT2D eigenvalue weighted by molar-refractivity contribution is -0.0668. The predicted octanol–water partition coefficient (Wildman–Crippen LogP) is 1.50. The highest BCUT2D eigenvalue weighted by Crippen LogP contribution is 2.20. The first kappa shape index (κ1) is 14.9. The third kappa shape index (κ3) is 2.81. The van der Waals surface area contributed by atoms with Crippen LogP contribution in [0.15, 0.2) is 12.1 Å². The molecule has 20 heavy (non-hydrogen) atoms. The molecule has 1 aromatic carbocycles. The van der Waals surface area contributed by atoms with E-state index in [1.165, 1.54) is 17.9 Å². The van der Waals surface area contributed by atoms with Crippen LogP contribution in [0.4, 0.5) is 8.78 Å². The van der Waals surface area contributed by atoms with Gasteiger partial charge < -0.3 is 14.7 Å². The van der Waals surface area contributed by atoms with Gasteiger partial charge in [0.2, 0.25) is 0 Å². The maximum atomic E-state index is 13.8. The number of amides is 1. The largest absolute Gasteiger partial charge is 0.394 e. The zero-order chi connectivity index (χ0) is 14.9. The Hall–Kier alpha value is -1.53. The minimum atomic E-state index is -0.877. The molecule has 0 bridgehead atoms. The Balaban J connectivity index is 2.28. The summed E-state index contributed by atoms with van der Waals surface area (Å²) in [6, 6.07) is 1.70. The molecule has 1 amide bonds. The molecule has 1 aliphatic heterocycles. The molecule has 0 unspecified atom stereocenters. The van der Waals surface area contributed by atoms with E-state index in [4.69, 9.17) is 9.84 Å². The highest BCUT2D eigenvalue weighted by atomic mass is 19.1. The Morgan fingerprint density at radius 1 is 1.45 bits per heavy atom. The molecule has 1 saturated heterocycles. The van der Waals surface area contributed by atoms with Crippen LogP contribution in [0.5, 0.6) is 0 Å². The van der Waals surface area contributed by atoms with Crippen molar-refractivity contribution in [2.45, 2.75) is 26.0 Å². The molecular formula is C14H17F2NO3. The molecule has 0 spiro atoms. The summed E-state index contributed by atoms with van der Waals surface area (Å²) >= 11 is 0. The monoisotopic (exact) mass is 285 g/mol. The number of carbonyl (C=O) groups is 1. The van der Waals surface area contributed by atoms with Crippen LogP contribution in [-0.2, 0) is 4.74 Å². The normalized spacial score (nSPS) is 22.9. The maximum Gasteiger partial charge on any atom is 0.257 e. The number of hydrogen-bond donors (Lipinski definition) is 1. The van der Waals surface area contributed by atoms with E-state index in [9.17, 15) is 13.6 Å². The molecular weight excluding hydrogens is 268 g/mol.